The first-order valence-electron chi connectivity index (χ1n) is 16.5. The average molecular weight is 611 g/mol. The quantitative estimate of drug-likeness (QED) is 0.188. The molecule has 10 aromatic rings. The molecular weight excluding hydrogens is 581 g/mol. The summed E-state index contributed by atoms with van der Waals surface area (Å²) in [5.74, 6) is 0. The lowest BCUT2D eigenvalue weighted by Crippen LogP contribution is -1.93. The molecule has 0 radical (unpaired) electrons. The van der Waals surface area contributed by atoms with Crippen molar-refractivity contribution in [1.82, 2.24) is 9.13 Å². The summed E-state index contributed by atoms with van der Waals surface area (Å²) in [7, 11) is 0. The molecule has 0 aliphatic carbocycles. The Bertz CT molecular complexity index is 2800. The third kappa shape index (κ3) is 4.06. The van der Waals surface area contributed by atoms with Gasteiger partial charge in [-0.25, -0.2) is 0 Å². The van der Waals surface area contributed by atoms with Crippen LogP contribution in [0.5, 0.6) is 0 Å². The van der Waals surface area contributed by atoms with Crippen LogP contribution in [-0.4, -0.2) is 9.13 Å². The van der Waals surface area contributed by atoms with Gasteiger partial charge in [-0.15, -0.1) is 0 Å². The minimum Gasteiger partial charge on any atom is -0.309 e. The van der Waals surface area contributed by atoms with Gasteiger partial charge in [0.2, 0.25) is 0 Å². The summed E-state index contributed by atoms with van der Waals surface area (Å²) in [6, 6.07) is 66.2. The van der Waals surface area contributed by atoms with Gasteiger partial charge in [-0.1, -0.05) is 121 Å². The highest BCUT2D eigenvalue weighted by Gasteiger charge is 2.17. The topological polar surface area (TPSA) is 9.86 Å². The van der Waals surface area contributed by atoms with E-state index < -0.39 is 0 Å². The largest absolute Gasteiger partial charge is 0.309 e. The first kappa shape index (κ1) is 26.8. The molecular formula is C46H30N2. The van der Waals surface area contributed by atoms with Crippen molar-refractivity contribution in [3.63, 3.8) is 0 Å². The number of nitrogens with zero attached hydrogens (tertiary/aromatic N) is 2. The van der Waals surface area contributed by atoms with Gasteiger partial charge >= 0.3 is 0 Å². The summed E-state index contributed by atoms with van der Waals surface area (Å²) >= 11 is 0. The Morgan fingerprint density at radius 2 is 0.750 bits per heavy atom. The zero-order valence-electron chi connectivity index (χ0n) is 26.2. The second kappa shape index (κ2) is 10.6. The van der Waals surface area contributed by atoms with Crippen LogP contribution in [0.2, 0.25) is 0 Å². The first-order chi connectivity index (χ1) is 23.8. The number of rotatable bonds is 4. The molecule has 2 heteroatoms. The van der Waals surface area contributed by atoms with Gasteiger partial charge in [0.15, 0.2) is 0 Å². The number of hydrogen-bond donors (Lipinski definition) is 0. The van der Waals surface area contributed by atoms with Crippen LogP contribution in [0, 0.1) is 0 Å². The zero-order chi connectivity index (χ0) is 31.6. The normalized spacial score (nSPS) is 11.8. The molecule has 10 rings (SSSR count). The Balaban J connectivity index is 1.15. The molecule has 2 heterocycles. The van der Waals surface area contributed by atoms with Crippen molar-refractivity contribution in [2.24, 2.45) is 0 Å². The summed E-state index contributed by atoms with van der Waals surface area (Å²) in [5.41, 5.74) is 12.1. The van der Waals surface area contributed by atoms with E-state index in [4.69, 9.17) is 0 Å². The molecule has 0 aliphatic heterocycles. The second-order valence-electron chi connectivity index (χ2n) is 12.6. The number of benzene rings is 8. The Hall–Kier alpha value is -6.38. The van der Waals surface area contributed by atoms with E-state index in [0.717, 1.165) is 5.69 Å². The van der Waals surface area contributed by atoms with Gasteiger partial charge in [0.05, 0.1) is 22.1 Å². The van der Waals surface area contributed by atoms with E-state index in [1.807, 2.05) is 0 Å². The molecule has 0 aliphatic rings. The highest BCUT2D eigenvalue weighted by atomic mass is 15.0. The molecule has 48 heavy (non-hydrogen) atoms. The van der Waals surface area contributed by atoms with Crippen molar-refractivity contribution >= 4 is 54.4 Å². The summed E-state index contributed by atoms with van der Waals surface area (Å²) in [6.07, 6.45) is 0. The Labute approximate surface area is 278 Å². The van der Waals surface area contributed by atoms with Gasteiger partial charge in [-0.05, 0) is 93.7 Å². The minimum absolute atomic E-state index is 1.16. The van der Waals surface area contributed by atoms with Crippen LogP contribution in [-0.2, 0) is 0 Å². The summed E-state index contributed by atoms with van der Waals surface area (Å²) in [5, 5.41) is 7.61. The third-order valence-electron chi connectivity index (χ3n) is 9.91. The van der Waals surface area contributed by atoms with E-state index in [0.29, 0.717) is 0 Å². The molecule has 224 valence electrons. The smallest absolute Gasteiger partial charge is 0.0547 e. The highest BCUT2D eigenvalue weighted by molar-refractivity contribution is 6.22. The van der Waals surface area contributed by atoms with Crippen molar-refractivity contribution in [2.45, 2.75) is 0 Å². The molecule has 0 saturated carbocycles. The predicted molar refractivity (Wildman–Crippen MR) is 203 cm³/mol. The fourth-order valence-corrected chi connectivity index (χ4v) is 7.69. The average Bonchev–Trinajstić information content (AvgIpc) is 3.68. The van der Waals surface area contributed by atoms with Crippen molar-refractivity contribution in [2.75, 3.05) is 0 Å². The Kier molecular flexibility index (Phi) is 5.91. The fourth-order valence-electron chi connectivity index (χ4n) is 7.69. The lowest BCUT2D eigenvalue weighted by atomic mass is 9.97. The van der Waals surface area contributed by atoms with Gasteiger partial charge < -0.3 is 9.13 Å². The molecule has 2 nitrogen and oxygen atoms in total. The molecule has 2 aromatic heterocycles. The van der Waals surface area contributed by atoms with Crippen LogP contribution in [0.1, 0.15) is 0 Å². The second-order valence-corrected chi connectivity index (χ2v) is 12.6. The highest BCUT2D eigenvalue weighted by Crippen LogP contribution is 2.40. The van der Waals surface area contributed by atoms with Crippen LogP contribution >= 0.6 is 0 Å². The maximum absolute atomic E-state index is 2.39. The van der Waals surface area contributed by atoms with E-state index in [1.165, 1.54) is 82.3 Å². The monoisotopic (exact) mass is 610 g/mol. The van der Waals surface area contributed by atoms with E-state index >= 15 is 0 Å². The molecule has 0 N–H and O–H groups in total. The SMILES string of the molecule is c1ccc(-c2ccc(-n3c4ccccc4c4cc(-c5ccc6ccc7c(c6c5)c5ccccc5n7-c5ccccc5)ccc43)cc2)cc1. The van der Waals surface area contributed by atoms with Crippen LogP contribution in [0.4, 0.5) is 0 Å². The Morgan fingerprint density at radius 3 is 1.52 bits per heavy atom. The lowest BCUT2D eigenvalue weighted by molar-refractivity contribution is 1.18. The van der Waals surface area contributed by atoms with Gasteiger partial charge in [-0.2, -0.15) is 0 Å². The number of para-hydroxylation sites is 3. The zero-order valence-corrected chi connectivity index (χ0v) is 26.2. The molecule has 0 bridgehead atoms. The van der Waals surface area contributed by atoms with Crippen LogP contribution in [0.15, 0.2) is 182 Å². The third-order valence-corrected chi connectivity index (χ3v) is 9.91. The van der Waals surface area contributed by atoms with Gasteiger partial charge in [0.25, 0.3) is 0 Å². The van der Waals surface area contributed by atoms with Crippen LogP contribution < -0.4 is 0 Å². The molecule has 0 unspecified atom stereocenters. The minimum atomic E-state index is 1.16. The van der Waals surface area contributed by atoms with Crippen molar-refractivity contribution in [1.29, 1.82) is 0 Å². The number of aromatic nitrogens is 2. The fraction of sp³-hybridized carbons (Fsp3) is 0. The van der Waals surface area contributed by atoms with E-state index in [2.05, 4.69) is 191 Å². The van der Waals surface area contributed by atoms with Crippen molar-refractivity contribution < 1.29 is 0 Å². The maximum Gasteiger partial charge on any atom is 0.0547 e. The standard InChI is InChI=1S/C46H30N2/c1-3-11-31(12-4-1)32-21-25-37(26-22-32)47-42-17-9-7-15-38(42)41-30-35(24-27-44(41)47)34-20-19-33-23-28-45-46(40(33)29-34)39-16-8-10-18-43(39)48(45)36-13-5-2-6-14-36/h1-30H. The van der Waals surface area contributed by atoms with Crippen LogP contribution in [0.3, 0.4) is 0 Å². The molecule has 0 amide bonds. The number of hydrogen-bond acceptors (Lipinski definition) is 0. The number of fused-ring (bicyclic) bond motifs is 8. The van der Waals surface area contributed by atoms with E-state index in [-0.39, 0.29) is 0 Å². The van der Waals surface area contributed by atoms with Crippen LogP contribution in [0.25, 0.3) is 88.0 Å². The predicted octanol–water partition coefficient (Wildman–Crippen LogP) is 12.4. The lowest BCUT2D eigenvalue weighted by Gasteiger charge is -2.10. The maximum atomic E-state index is 2.39. The first-order valence-corrected chi connectivity index (χ1v) is 16.5. The van der Waals surface area contributed by atoms with Gasteiger partial charge in [-0.3, -0.25) is 0 Å². The van der Waals surface area contributed by atoms with E-state index in [9.17, 15) is 0 Å². The van der Waals surface area contributed by atoms with Gasteiger partial charge in [0, 0.05) is 32.9 Å². The summed E-state index contributed by atoms with van der Waals surface area (Å²) in [4.78, 5) is 0. The molecule has 8 aromatic carbocycles. The molecule has 0 atom stereocenters. The molecule has 0 saturated heterocycles. The van der Waals surface area contributed by atoms with E-state index in [1.54, 1.807) is 0 Å². The summed E-state index contributed by atoms with van der Waals surface area (Å²) < 4.78 is 4.79. The molecule has 0 spiro atoms. The van der Waals surface area contributed by atoms with Crippen molar-refractivity contribution in [3.8, 4) is 33.6 Å². The summed E-state index contributed by atoms with van der Waals surface area (Å²) in [6.45, 7) is 0. The van der Waals surface area contributed by atoms with Crippen molar-refractivity contribution in [3.05, 3.63) is 182 Å². The van der Waals surface area contributed by atoms with Gasteiger partial charge in [0.1, 0.15) is 0 Å². The Morgan fingerprint density at radius 1 is 0.271 bits per heavy atom. The molecule has 0 fully saturated rings.